The number of alkyl halides is 1. The largest absolute Gasteiger partial charge is 0.316 e. The molecule has 1 N–H and O–H groups in total. The lowest BCUT2D eigenvalue weighted by Crippen LogP contribution is -2.39. The first-order chi connectivity index (χ1) is 9.57. The SMILES string of the molecule is Cc1ccc2cc(C(C)(F)C3CCCNC3)ccc2n1. The fourth-order valence-corrected chi connectivity index (χ4v) is 3.08. The Balaban J connectivity index is 1.97. The van der Waals surface area contributed by atoms with Crippen molar-refractivity contribution in [3.8, 4) is 0 Å². The van der Waals surface area contributed by atoms with Crippen molar-refractivity contribution >= 4 is 10.9 Å². The number of benzene rings is 1. The van der Waals surface area contributed by atoms with Crippen molar-refractivity contribution in [2.24, 2.45) is 5.92 Å². The molecule has 1 saturated heterocycles. The van der Waals surface area contributed by atoms with Gasteiger partial charge in [-0.15, -0.1) is 0 Å². The maximum Gasteiger partial charge on any atom is 0.137 e. The van der Waals surface area contributed by atoms with Gasteiger partial charge in [0.2, 0.25) is 0 Å². The summed E-state index contributed by atoms with van der Waals surface area (Å²) in [5, 5.41) is 4.32. The number of hydrogen-bond donors (Lipinski definition) is 1. The van der Waals surface area contributed by atoms with E-state index in [1.165, 1.54) is 0 Å². The minimum absolute atomic E-state index is 0.0482. The Kier molecular flexibility index (Phi) is 3.47. The molecular formula is C17H21FN2. The minimum Gasteiger partial charge on any atom is -0.316 e. The van der Waals surface area contributed by atoms with Crippen LogP contribution in [0.5, 0.6) is 0 Å². The molecule has 2 atom stereocenters. The van der Waals surface area contributed by atoms with Gasteiger partial charge in [0, 0.05) is 23.5 Å². The van der Waals surface area contributed by atoms with Crippen LogP contribution in [0.15, 0.2) is 30.3 Å². The summed E-state index contributed by atoms with van der Waals surface area (Å²) in [4.78, 5) is 4.48. The Morgan fingerprint density at radius 2 is 2.15 bits per heavy atom. The molecule has 1 aromatic heterocycles. The van der Waals surface area contributed by atoms with Crippen LogP contribution in [-0.2, 0) is 5.67 Å². The maximum atomic E-state index is 15.3. The van der Waals surface area contributed by atoms with Crippen LogP contribution in [0.1, 0.15) is 31.0 Å². The van der Waals surface area contributed by atoms with Gasteiger partial charge in [0.05, 0.1) is 5.52 Å². The summed E-state index contributed by atoms with van der Waals surface area (Å²) in [5.41, 5.74) is 1.41. The first-order valence-electron chi connectivity index (χ1n) is 7.35. The van der Waals surface area contributed by atoms with Crippen molar-refractivity contribution < 1.29 is 4.39 Å². The van der Waals surface area contributed by atoms with E-state index in [-0.39, 0.29) is 5.92 Å². The van der Waals surface area contributed by atoms with Crippen molar-refractivity contribution in [2.45, 2.75) is 32.4 Å². The normalized spacial score (nSPS) is 22.6. The Morgan fingerprint density at radius 3 is 2.90 bits per heavy atom. The molecule has 3 heteroatoms. The van der Waals surface area contributed by atoms with Gasteiger partial charge >= 0.3 is 0 Å². The van der Waals surface area contributed by atoms with Crippen molar-refractivity contribution in [1.29, 1.82) is 0 Å². The highest BCUT2D eigenvalue weighted by atomic mass is 19.1. The molecule has 1 aliphatic heterocycles. The van der Waals surface area contributed by atoms with Crippen LogP contribution >= 0.6 is 0 Å². The Bertz CT molecular complexity index is 615. The van der Waals surface area contributed by atoms with Gasteiger partial charge in [-0.05, 0) is 57.0 Å². The standard InChI is InChI=1S/C17H21FN2/c1-12-5-6-13-10-14(7-8-16(13)20-12)17(2,18)15-4-3-9-19-11-15/h5-8,10,15,19H,3-4,9,11H2,1-2H3. The first-order valence-corrected chi connectivity index (χ1v) is 7.35. The van der Waals surface area contributed by atoms with Crippen LogP contribution in [0.3, 0.4) is 0 Å². The summed E-state index contributed by atoms with van der Waals surface area (Å²) >= 11 is 0. The van der Waals surface area contributed by atoms with Crippen molar-refractivity contribution in [2.75, 3.05) is 13.1 Å². The zero-order valence-corrected chi connectivity index (χ0v) is 12.1. The van der Waals surface area contributed by atoms with Gasteiger partial charge in [0.25, 0.3) is 0 Å². The molecule has 0 aliphatic carbocycles. The zero-order chi connectivity index (χ0) is 14.2. The van der Waals surface area contributed by atoms with Crippen LogP contribution < -0.4 is 5.32 Å². The van der Waals surface area contributed by atoms with E-state index in [2.05, 4.69) is 10.3 Å². The molecule has 0 amide bonds. The van der Waals surface area contributed by atoms with E-state index in [0.29, 0.717) is 0 Å². The summed E-state index contributed by atoms with van der Waals surface area (Å²) in [5.74, 6) is 0.0482. The van der Waals surface area contributed by atoms with E-state index in [1.807, 2.05) is 37.3 Å². The average molecular weight is 272 g/mol. The number of pyridine rings is 1. The monoisotopic (exact) mass is 272 g/mol. The van der Waals surface area contributed by atoms with E-state index in [9.17, 15) is 0 Å². The molecule has 2 unspecified atom stereocenters. The van der Waals surface area contributed by atoms with Gasteiger partial charge in [-0.2, -0.15) is 0 Å². The number of rotatable bonds is 2. The molecule has 3 rings (SSSR count). The number of piperidine rings is 1. The summed E-state index contributed by atoms with van der Waals surface area (Å²) < 4.78 is 15.3. The van der Waals surface area contributed by atoms with E-state index < -0.39 is 5.67 Å². The van der Waals surface area contributed by atoms with Gasteiger partial charge in [-0.3, -0.25) is 4.98 Å². The van der Waals surface area contributed by atoms with Gasteiger partial charge in [0.1, 0.15) is 5.67 Å². The first kappa shape index (κ1) is 13.5. The Morgan fingerprint density at radius 1 is 1.30 bits per heavy atom. The molecule has 1 aliphatic rings. The molecule has 2 heterocycles. The van der Waals surface area contributed by atoms with Crippen molar-refractivity contribution in [3.63, 3.8) is 0 Å². The Hall–Kier alpha value is -1.48. The summed E-state index contributed by atoms with van der Waals surface area (Å²) in [6.45, 7) is 5.46. The molecule has 2 nitrogen and oxygen atoms in total. The number of halogens is 1. The number of fused-ring (bicyclic) bond motifs is 1. The van der Waals surface area contributed by atoms with E-state index in [1.54, 1.807) is 6.92 Å². The highest BCUT2D eigenvalue weighted by molar-refractivity contribution is 5.79. The van der Waals surface area contributed by atoms with Crippen LogP contribution in [0.2, 0.25) is 0 Å². The third-order valence-corrected chi connectivity index (χ3v) is 4.46. The van der Waals surface area contributed by atoms with Crippen molar-refractivity contribution in [3.05, 3.63) is 41.6 Å². The fourth-order valence-electron chi connectivity index (χ4n) is 3.08. The number of aromatic nitrogens is 1. The molecule has 0 radical (unpaired) electrons. The third-order valence-electron chi connectivity index (χ3n) is 4.46. The Labute approximate surface area is 119 Å². The van der Waals surface area contributed by atoms with Crippen LogP contribution in [0, 0.1) is 12.8 Å². The van der Waals surface area contributed by atoms with E-state index in [0.717, 1.165) is 48.1 Å². The van der Waals surface area contributed by atoms with Crippen LogP contribution in [0.25, 0.3) is 10.9 Å². The second kappa shape index (κ2) is 5.13. The summed E-state index contributed by atoms with van der Waals surface area (Å²) in [6, 6.07) is 9.78. The molecular weight excluding hydrogens is 251 g/mol. The van der Waals surface area contributed by atoms with Crippen LogP contribution in [0.4, 0.5) is 4.39 Å². The topological polar surface area (TPSA) is 24.9 Å². The van der Waals surface area contributed by atoms with Gasteiger partial charge in [-0.25, -0.2) is 4.39 Å². The number of nitrogens with one attached hydrogen (secondary N) is 1. The predicted octanol–water partition coefficient (Wildman–Crippen LogP) is 3.73. The maximum absolute atomic E-state index is 15.3. The van der Waals surface area contributed by atoms with Gasteiger partial charge in [-0.1, -0.05) is 12.1 Å². The smallest absolute Gasteiger partial charge is 0.137 e. The number of hydrogen-bond acceptors (Lipinski definition) is 2. The summed E-state index contributed by atoms with van der Waals surface area (Å²) in [7, 11) is 0. The summed E-state index contributed by atoms with van der Waals surface area (Å²) in [6.07, 6.45) is 2.00. The second-order valence-electron chi connectivity index (χ2n) is 5.98. The number of nitrogens with zero attached hydrogens (tertiary/aromatic N) is 1. The molecule has 0 spiro atoms. The predicted molar refractivity (Wildman–Crippen MR) is 80.5 cm³/mol. The van der Waals surface area contributed by atoms with E-state index in [4.69, 9.17) is 0 Å². The van der Waals surface area contributed by atoms with Gasteiger partial charge in [0.15, 0.2) is 0 Å². The molecule has 1 fully saturated rings. The quantitative estimate of drug-likeness (QED) is 0.901. The van der Waals surface area contributed by atoms with Crippen molar-refractivity contribution in [1.82, 2.24) is 10.3 Å². The zero-order valence-electron chi connectivity index (χ0n) is 12.1. The van der Waals surface area contributed by atoms with Gasteiger partial charge < -0.3 is 5.32 Å². The van der Waals surface area contributed by atoms with Crippen LogP contribution in [-0.4, -0.2) is 18.1 Å². The molecule has 1 aromatic carbocycles. The fraction of sp³-hybridized carbons (Fsp3) is 0.471. The highest BCUT2D eigenvalue weighted by Crippen LogP contribution is 2.38. The lowest BCUT2D eigenvalue weighted by molar-refractivity contribution is 0.0813. The molecule has 0 bridgehead atoms. The molecule has 0 saturated carbocycles. The third kappa shape index (κ3) is 2.42. The molecule has 106 valence electrons. The molecule has 2 aromatic rings. The lowest BCUT2D eigenvalue weighted by Gasteiger charge is -2.34. The second-order valence-corrected chi connectivity index (χ2v) is 5.98. The average Bonchev–Trinajstić information content (AvgIpc) is 2.47. The number of aryl methyl sites for hydroxylation is 1. The van der Waals surface area contributed by atoms with E-state index >= 15 is 4.39 Å². The highest BCUT2D eigenvalue weighted by Gasteiger charge is 2.36. The lowest BCUT2D eigenvalue weighted by atomic mass is 9.80. The molecule has 20 heavy (non-hydrogen) atoms. The minimum atomic E-state index is -1.29.